The fourth-order valence-corrected chi connectivity index (χ4v) is 1.09. The van der Waals surface area contributed by atoms with Crippen molar-refractivity contribution >= 4 is 5.97 Å². The lowest BCUT2D eigenvalue weighted by Gasteiger charge is -2.05. The minimum atomic E-state index is -1.47. The van der Waals surface area contributed by atoms with Crippen molar-refractivity contribution in [1.29, 1.82) is 0 Å². The first-order valence-corrected chi connectivity index (χ1v) is 4.00. The zero-order chi connectivity index (χ0) is 11.6. The molecule has 15 heavy (non-hydrogen) atoms. The van der Waals surface area contributed by atoms with E-state index in [2.05, 4.69) is 0 Å². The number of carboxylic acid groups (broad SMARTS) is 1. The van der Waals surface area contributed by atoms with Crippen LogP contribution >= 0.6 is 0 Å². The molecule has 1 aromatic carbocycles. The number of carboxylic acids is 1. The summed E-state index contributed by atoms with van der Waals surface area (Å²) in [6.45, 7) is 0. The van der Waals surface area contributed by atoms with Crippen molar-refractivity contribution in [3.63, 3.8) is 0 Å². The average molecular weight is 220 g/mol. The van der Waals surface area contributed by atoms with Crippen LogP contribution in [0, 0.1) is 17.5 Å². The topological polar surface area (TPSA) is 57.5 Å². The van der Waals surface area contributed by atoms with Gasteiger partial charge in [0.1, 0.15) is 0 Å². The second-order valence-electron chi connectivity index (χ2n) is 2.88. The number of halogens is 3. The summed E-state index contributed by atoms with van der Waals surface area (Å²) in [6, 6.07) is 0.301. The summed E-state index contributed by atoms with van der Waals surface area (Å²) in [4.78, 5) is 10.2. The Kier molecular flexibility index (Phi) is 3.18. The van der Waals surface area contributed by atoms with Gasteiger partial charge in [-0.05, 0) is 6.42 Å². The molecule has 0 bridgehead atoms. The molecule has 0 heterocycles. The van der Waals surface area contributed by atoms with Gasteiger partial charge in [-0.25, -0.2) is 13.2 Å². The highest BCUT2D eigenvalue weighted by atomic mass is 19.2. The Morgan fingerprint density at radius 3 is 2.40 bits per heavy atom. The monoisotopic (exact) mass is 220 g/mol. The van der Waals surface area contributed by atoms with Crippen LogP contribution in [-0.4, -0.2) is 16.2 Å². The lowest BCUT2D eigenvalue weighted by atomic mass is 10.1. The molecule has 0 aliphatic heterocycles. The van der Waals surface area contributed by atoms with Crippen molar-refractivity contribution < 1.29 is 28.2 Å². The summed E-state index contributed by atoms with van der Waals surface area (Å²) in [7, 11) is 0. The molecule has 0 aliphatic carbocycles. The third-order valence-corrected chi connectivity index (χ3v) is 1.82. The van der Waals surface area contributed by atoms with Crippen LogP contribution in [0.3, 0.4) is 0 Å². The van der Waals surface area contributed by atoms with Crippen molar-refractivity contribution in [2.75, 3.05) is 0 Å². The molecule has 0 fully saturated rings. The smallest absolute Gasteiger partial charge is 0.303 e. The van der Waals surface area contributed by atoms with Gasteiger partial charge in [-0.2, -0.15) is 0 Å². The van der Waals surface area contributed by atoms with E-state index in [1.54, 1.807) is 0 Å². The highest BCUT2D eigenvalue weighted by molar-refractivity contribution is 5.67. The molecular formula is C9H7F3O3. The van der Waals surface area contributed by atoms with Crippen LogP contribution in [0.15, 0.2) is 6.07 Å². The number of hydrogen-bond acceptors (Lipinski definition) is 2. The lowest BCUT2D eigenvalue weighted by molar-refractivity contribution is -0.136. The third kappa shape index (κ3) is 2.39. The Morgan fingerprint density at radius 2 is 1.87 bits per heavy atom. The van der Waals surface area contributed by atoms with Gasteiger partial charge in [0.05, 0.1) is 0 Å². The zero-order valence-corrected chi connectivity index (χ0v) is 7.43. The maximum atomic E-state index is 13.0. The summed E-state index contributed by atoms with van der Waals surface area (Å²) in [5, 5.41) is 17.1. The van der Waals surface area contributed by atoms with Gasteiger partial charge in [0.2, 0.25) is 0 Å². The van der Waals surface area contributed by atoms with Crippen molar-refractivity contribution in [3.05, 3.63) is 29.1 Å². The van der Waals surface area contributed by atoms with E-state index >= 15 is 0 Å². The molecule has 2 N–H and O–H groups in total. The number of rotatable bonds is 3. The second-order valence-corrected chi connectivity index (χ2v) is 2.88. The standard InChI is InChI=1S/C9H7F3O3/c10-5-3-6(13)9(12)4(8(5)11)1-2-7(14)15/h3,13H,1-2H2,(H,14,15). The van der Waals surface area contributed by atoms with E-state index in [0.717, 1.165) is 0 Å². The van der Waals surface area contributed by atoms with Crippen LogP contribution in [0.2, 0.25) is 0 Å². The van der Waals surface area contributed by atoms with E-state index in [-0.39, 0.29) is 0 Å². The minimum Gasteiger partial charge on any atom is -0.505 e. The van der Waals surface area contributed by atoms with Crippen LogP contribution < -0.4 is 0 Å². The van der Waals surface area contributed by atoms with Crippen LogP contribution in [0.4, 0.5) is 13.2 Å². The largest absolute Gasteiger partial charge is 0.505 e. The molecule has 82 valence electrons. The van der Waals surface area contributed by atoms with E-state index in [4.69, 9.17) is 10.2 Å². The van der Waals surface area contributed by atoms with Gasteiger partial charge >= 0.3 is 5.97 Å². The van der Waals surface area contributed by atoms with Gasteiger partial charge < -0.3 is 10.2 Å². The summed E-state index contributed by atoms with van der Waals surface area (Å²) in [5.74, 6) is -6.50. The molecule has 0 atom stereocenters. The molecule has 1 rings (SSSR count). The van der Waals surface area contributed by atoms with E-state index in [0.29, 0.717) is 6.07 Å². The van der Waals surface area contributed by atoms with Crippen molar-refractivity contribution in [2.24, 2.45) is 0 Å². The highest BCUT2D eigenvalue weighted by Gasteiger charge is 2.18. The third-order valence-electron chi connectivity index (χ3n) is 1.82. The van der Waals surface area contributed by atoms with Crippen LogP contribution in [0.5, 0.6) is 5.75 Å². The van der Waals surface area contributed by atoms with Crippen LogP contribution in [0.25, 0.3) is 0 Å². The first-order valence-electron chi connectivity index (χ1n) is 4.00. The Hall–Kier alpha value is -1.72. The van der Waals surface area contributed by atoms with Crippen molar-refractivity contribution in [2.45, 2.75) is 12.8 Å². The van der Waals surface area contributed by atoms with Crippen molar-refractivity contribution in [3.8, 4) is 5.75 Å². The van der Waals surface area contributed by atoms with E-state index in [1.165, 1.54) is 0 Å². The molecule has 3 nitrogen and oxygen atoms in total. The number of phenols is 1. The number of phenolic OH excluding ortho intramolecular Hbond substituents is 1. The molecular weight excluding hydrogens is 213 g/mol. The number of benzene rings is 1. The molecule has 0 aliphatic rings. The summed E-state index contributed by atoms with van der Waals surface area (Å²) in [5.41, 5.74) is -0.755. The molecule has 6 heteroatoms. The number of carbonyl (C=O) groups is 1. The Morgan fingerprint density at radius 1 is 1.27 bits per heavy atom. The zero-order valence-electron chi connectivity index (χ0n) is 7.43. The molecule has 0 saturated heterocycles. The van der Waals surface area contributed by atoms with Gasteiger partial charge in [-0.15, -0.1) is 0 Å². The maximum Gasteiger partial charge on any atom is 0.303 e. The SMILES string of the molecule is O=C(O)CCc1c(F)c(O)cc(F)c1F. The minimum absolute atomic E-state index is 0.301. The summed E-state index contributed by atoms with van der Waals surface area (Å²) in [6.07, 6.45) is -1.06. The molecule has 0 spiro atoms. The van der Waals surface area contributed by atoms with Crippen LogP contribution in [0.1, 0.15) is 12.0 Å². The normalized spacial score (nSPS) is 10.3. The van der Waals surface area contributed by atoms with E-state index in [9.17, 15) is 18.0 Å². The molecule has 0 aromatic heterocycles. The van der Waals surface area contributed by atoms with E-state index in [1.807, 2.05) is 0 Å². The summed E-state index contributed by atoms with van der Waals surface area (Å²) < 4.78 is 38.7. The number of aliphatic carboxylic acids is 1. The van der Waals surface area contributed by atoms with E-state index < -0.39 is 47.6 Å². The lowest BCUT2D eigenvalue weighted by Crippen LogP contribution is -2.04. The molecule has 1 aromatic rings. The van der Waals surface area contributed by atoms with Crippen molar-refractivity contribution in [1.82, 2.24) is 0 Å². The Bertz CT molecular complexity index is 378. The average Bonchev–Trinajstić information content (AvgIpc) is 2.14. The van der Waals surface area contributed by atoms with Gasteiger partial charge in [-0.1, -0.05) is 0 Å². The number of aromatic hydroxyl groups is 1. The predicted octanol–water partition coefficient (Wildman–Crippen LogP) is 1.83. The quantitative estimate of drug-likeness (QED) is 0.764. The molecule has 0 saturated carbocycles. The predicted molar refractivity (Wildman–Crippen MR) is 43.9 cm³/mol. The fourth-order valence-electron chi connectivity index (χ4n) is 1.09. The van der Waals surface area contributed by atoms with Gasteiger partial charge in [0.15, 0.2) is 23.2 Å². The van der Waals surface area contributed by atoms with Gasteiger partial charge in [0, 0.05) is 18.1 Å². The number of hydrogen-bond donors (Lipinski definition) is 2. The first-order chi connectivity index (χ1) is 6.93. The van der Waals surface area contributed by atoms with Crippen LogP contribution in [-0.2, 0) is 11.2 Å². The first kappa shape index (κ1) is 11.4. The molecule has 0 amide bonds. The van der Waals surface area contributed by atoms with Gasteiger partial charge in [-0.3, -0.25) is 4.79 Å². The maximum absolute atomic E-state index is 13.0. The second kappa shape index (κ2) is 4.20. The molecule has 0 radical (unpaired) electrons. The highest BCUT2D eigenvalue weighted by Crippen LogP contribution is 2.25. The molecule has 0 unspecified atom stereocenters. The summed E-state index contributed by atoms with van der Waals surface area (Å²) >= 11 is 0. The Labute approximate surface area is 82.8 Å². The van der Waals surface area contributed by atoms with Gasteiger partial charge in [0.25, 0.3) is 0 Å². The Balaban J connectivity index is 3.09. The fraction of sp³-hybridized carbons (Fsp3) is 0.222.